The number of rotatable bonds is 5. The largest absolute Gasteiger partial charge is 0.329 e. The molecule has 0 spiro atoms. The summed E-state index contributed by atoms with van der Waals surface area (Å²) in [4.78, 5) is 3.97. The van der Waals surface area contributed by atoms with Crippen molar-refractivity contribution in [3.63, 3.8) is 0 Å². The van der Waals surface area contributed by atoms with Gasteiger partial charge in [0.05, 0.1) is 23.7 Å². The first-order chi connectivity index (χ1) is 9.95. The molecule has 110 valence electrons. The van der Waals surface area contributed by atoms with Gasteiger partial charge in [0, 0.05) is 12.7 Å². The van der Waals surface area contributed by atoms with Crippen LogP contribution >= 0.6 is 0 Å². The van der Waals surface area contributed by atoms with Gasteiger partial charge in [-0.3, -0.25) is 4.55 Å². The average molecular weight is 305 g/mol. The number of nitrogens with zero attached hydrogens (tertiary/aromatic N) is 3. The summed E-state index contributed by atoms with van der Waals surface area (Å²) >= 11 is 0. The van der Waals surface area contributed by atoms with Crippen molar-refractivity contribution in [1.29, 1.82) is 5.26 Å². The minimum absolute atomic E-state index is 0.262. The molecule has 1 atom stereocenters. The smallest absolute Gasteiger partial charge is 0.273 e. The maximum atomic E-state index is 11.4. The number of hydrogen-bond donors (Lipinski definition) is 1. The molecular weight excluding hydrogens is 290 g/mol. The second-order valence-electron chi connectivity index (χ2n) is 4.67. The quantitative estimate of drug-likeness (QED) is 0.854. The molecule has 1 aromatic heterocycles. The summed E-state index contributed by atoms with van der Waals surface area (Å²) in [7, 11) is -4.17. The molecule has 0 amide bonds. The minimum atomic E-state index is -4.17. The fourth-order valence-corrected chi connectivity index (χ4v) is 3.11. The van der Waals surface area contributed by atoms with E-state index in [1.807, 2.05) is 6.07 Å². The summed E-state index contributed by atoms with van der Waals surface area (Å²) in [5, 5.41) is 7.78. The number of aromatic nitrogens is 2. The van der Waals surface area contributed by atoms with E-state index in [9.17, 15) is 13.0 Å². The number of imidazole rings is 1. The van der Waals surface area contributed by atoms with Crippen LogP contribution in [0.15, 0.2) is 36.8 Å². The maximum absolute atomic E-state index is 11.4. The van der Waals surface area contributed by atoms with Crippen LogP contribution in [0.5, 0.6) is 0 Å². The molecule has 0 aliphatic carbocycles. The van der Waals surface area contributed by atoms with E-state index in [0.29, 0.717) is 17.8 Å². The van der Waals surface area contributed by atoms with Crippen molar-refractivity contribution in [2.75, 3.05) is 0 Å². The molecule has 1 heterocycles. The Labute approximate surface area is 123 Å². The summed E-state index contributed by atoms with van der Waals surface area (Å²) < 4.78 is 33.8. The first-order valence-electron chi connectivity index (χ1n) is 6.41. The summed E-state index contributed by atoms with van der Waals surface area (Å²) in [6.07, 6.45) is 3.24. The SMILES string of the molecule is CCC(c1cncn1Cc1ccc(C#N)cc1)S(=O)(=O)O. The van der Waals surface area contributed by atoms with E-state index in [1.165, 1.54) is 12.5 Å². The predicted molar refractivity (Wildman–Crippen MR) is 77.1 cm³/mol. The molecule has 0 fully saturated rings. The first-order valence-corrected chi connectivity index (χ1v) is 7.91. The Morgan fingerprint density at radius 2 is 2.05 bits per heavy atom. The molecule has 6 nitrogen and oxygen atoms in total. The van der Waals surface area contributed by atoms with Crippen LogP contribution in [-0.4, -0.2) is 22.5 Å². The molecule has 2 aromatic rings. The average Bonchev–Trinajstić information content (AvgIpc) is 2.87. The van der Waals surface area contributed by atoms with Gasteiger partial charge in [-0.2, -0.15) is 13.7 Å². The highest BCUT2D eigenvalue weighted by Gasteiger charge is 2.26. The molecule has 1 aromatic carbocycles. The van der Waals surface area contributed by atoms with E-state index in [-0.39, 0.29) is 6.42 Å². The van der Waals surface area contributed by atoms with Crippen LogP contribution in [0.1, 0.15) is 35.4 Å². The molecule has 0 radical (unpaired) electrons. The fraction of sp³-hybridized carbons (Fsp3) is 0.286. The van der Waals surface area contributed by atoms with E-state index in [4.69, 9.17) is 5.26 Å². The lowest BCUT2D eigenvalue weighted by molar-refractivity contribution is 0.462. The van der Waals surface area contributed by atoms with Gasteiger partial charge in [-0.25, -0.2) is 4.98 Å². The Bertz CT molecular complexity index is 758. The third-order valence-electron chi connectivity index (χ3n) is 3.24. The Morgan fingerprint density at radius 1 is 1.38 bits per heavy atom. The van der Waals surface area contributed by atoms with Crippen molar-refractivity contribution < 1.29 is 13.0 Å². The third-order valence-corrected chi connectivity index (χ3v) is 4.53. The van der Waals surface area contributed by atoms with Crippen LogP contribution < -0.4 is 0 Å². The summed E-state index contributed by atoms with van der Waals surface area (Å²) in [5.41, 5.74) is 1.93. The van der Waals surface area contributed by atoms with Gasteiger partial charge >= 0.3 is 0 Å². The van der Waals surface area contributed by atoms with Crippen LogP contribution in [-0.2, 0) is 16.7 Å². The Hall–Kier alpha value is -2.17. The predicted octanol–water partition coefficient (Wildman–Crippen LogP) is 2.14. The van der Waals surface area contributed by atoms with Crippen molar-refractivity contribution >= 4 is 10.1 Å². The van der Waals surface area contributed by atoms with Gasteiger partial charge in [-0.15, -0.1) is 0 Å². The fourth-order valence-electron chi connectivity index (χ4n) is 2.18. The van der Waals surface area contributed by atoms with Gasteiger partial charge in [0.2, 0.25) is 0 Å². The molecule has 2 rings (SSSR count). The maximum Gasteiger partial charge on any atom is 0.273 e. The molecule has 21 heavy (non-hydrogen) atoms. The first kappa shape index (κ1) is 15.2. The number of benzene rings is 1. The zero-order valence-electron chi connectivity index (χ0n) is 11.5. The number of hydrogen-bond acceptors (Lipinski definition) is 4. The van der Waals surface area contributed by atoms with Crippen LogP contribution in [0, 0.1) is 11.3 Å². The lowest BCUT2D eigenvalue weighted by Crippen LogP contribution is -2.16. The summed E-state index contributed by atoms with van der Waals surface area (Å²) in [6, 6.07) is 9.05. The van der Waals surface area contributed by atoms with Gasteiger partial charge in [-0.1, -0.05) is 19.1 Å². The molecule has 1 unspecified atom stereocenters. The molecule has 0 aliphatic heterocycles. The van der Waals surface area contributed by atoms with Crippen molar-refractivity contribution in [2.24, 2.45) is 0 Å². The molecule has 0 aliphatic rings. The zero-order valence-corrected chi connectivity index (χ0v) is 12.3. The highest BCUT2D eigenvalue weighted by Crippen LogP contribution is 2.25. The van der Waals surface area contributed by atoms with Crippen molar-refractivity contribution in [3.05, 3.63) is 53.6 Å². The van der Waals surface area contributed by atoms with E-state index in [1.54, 1.807) is 35.8 Å². The monoisotopic (exact) mass is 305 g/mol. The van der Waals surface area contributed by atoms with Crippen LogP contribution in [0.2, 0.25) is 0 Å². The van der Waals surface area contributed by atoms with Crippen LogP contribution in [0.25, 0.3) is 0 Å². The molecule has 0 saturated carbocycles. The highest BCUT2D eigenvalue weighted by atomic mass is 32.2. The lowest BCUT2D eigenvalue weighted by atomic mass is 10.1. The molecule has 1 N–H and O–H groups in total. The van der Waals surface area contributed by atoms with Gasteiger partial charge in [0.15, 0.2) is 0 Å². The summed E-state index contributed by atoms with van der Waals surface area (Å²) in [5.74, 6) is 0. The van der Waals surface area contributed by atoms with Crippen molar-refractivity contribution in [1.82, 2.24) is 9.55 Å². The lowest BCUT2D eigenvalue weighted by Gasteiger charge is -2.14. The highest BCUT2D eigenvalue weighted by molar-refractivity contribution is 7.86. The topological polar surface area (TPSA) is 96.0 Å². The Morgan fingerprint density at radius 3 is 2.57 bits per heavy atom. The molecule has 7 heteroatoms. The van der Waals surface area contributed by atoms with E-state index in [0.717, 1.165) is 5.56 Å². The molecule has 0 saturated heterocycles. The zero-order chi connectivity index (χ0) is 15.5. The van der Waals surface area contributed by atoms with E-state index in [2.05, 4.69) is 4.98 Å². The second-order valence-corrected chi connectivity index (χ2v) is 6.27. The summed E-state index contributed by atoms with van der Waals surface area (Å²) in [6.45, 7) is 2.12. The van der Waals surface area contributed by atoms with Crippen LogP contribution in [0.3, 0.4) is 0 Å². The third kappa shape index (κ3) is 3.48. The van der Waals surface area contributed by atoms with Crippen LogP contribution in [0.4, 0.5) is 0 Å². The molecular formula is C14H15N3O3S. The Balaban J connectivity index is 2.30. The van der Waals surface area contributed by atoms with Gasteiger partial charge in [-0.05, 0) is 24.1 Å². The van der Waals surface area contributed by atoms with E-state index >= 15 is 0 Å². The van der Waals surface area contributed by atoms with Crippen molar-refractivity contribution in [2.45, 2.75) is 25.1 Å². The minimum Gasteiger partial charge on any atom is -0.329 e. The van der Waals surface area contributed by atoms with Gasteiger partial charge in [0.25, 0.3) is 10.1 Å². The second kappa shape index (κ2) is 6.08. The standard InChI is InChI=1S/C14H15N3O3S/c1-2-14(21(18,19)20)13-8-16-10-17(13)9-12-5-3-11(7-15)4-6-12/h3-6,8,10,14H,2,9H2,1H3,(H,18,19,20). The number of nitriles is 1. The Kier molecular flexibility index (Phi) is 4.40. The molecule has 0 bridgehead atoms. The van der Waals surface area contributed by atoms with Crippen molar-refractivity contribution in [3.8, 4) is 6.07 Å². The normalized spacial score (nSPS) is 12.8. The van der Waals surface area contributed by atoms with Gasteiger partial charge in [0.1, 0.15) is 5.25 Å². The van der Waals surface area contributed by atoms with E-state index < -0.39 is 15.4 Å². The van der Waals surface area contributed by atoms with Gasteiger partial charge < -0.3 is 4.57 Å².